The maximum Gasteiger partial charge on any atom is 0.0713 e. The van der Waals surface area contributed by atoms with Gasteiger partial charge in [-0.2, -0.15) is 0 Å². The molecular formula is C67H47NS. The normalized spacial score (nSPS) is 14.3. The SMILES string of the molecule is [2H]C([2H])([2H])c1ccc2c(c1)C(c1ccccc1)(c1ccc(-c3cccc4c3sc3ccc(N(c5ccc(-c6ccccc6)cc5)c5ccc(-c6cccc7ccccc67)cc5)cc34)cc1)c1cc(C([2H])([2H])[2H])ccc1-2. The zero-order chi connectivity index (χ0) is 51.1. The Bertz CT molecular complexity index is 4050. The lowest BCUT2D eigenvalue weighted by Crippen LogP contribution is -2.28. The highest BCUT2D eigenvalue weighted by Crippen LogP contribution is 2.57. The van der Waals surface area contributed by atoms with Gasteiger partial charge in [0.05, 0.1) is 5.41 Å². The summed E-state index contributed by atoms with van der Waals surface area (Å²) in [7, 11) is 0. The summed E-state index contributed by atoms with van der Waals surface area (Å²) in [6.07, 6.45) is 0. The molecule has 1 aromatic heterocycles. The number of hydrogen-bond acceptors (Lipinski definition) is 2. The number of rotatable bonds is 8. The Kier molecular flexibility index (Phi) is 8.35. The van der Waals surface area contributed by atoms with Crippen molar-refractivity contribution in [3.05, 3.63) is 282 Å². The van der Waals surface area contributed by atoms with Gasteiger partial charge in [0.15, 0.2) is 0 Å². The van der Waals surface area contributed by atoms with E-state index >= 15 is 0 Å². The van der Waals surface area contributed by atoms with Crippen LogP contribution in [0.4, 0.5) is 17.1 Å². The maximum absolute atomic E-state index is 8.44. The van der Waals surface area contributed by atoms with Crippen molar-refractivity contribution in [3.63, 3.8) is 0 Å². The highest BCUT2D eigenvalue weighted by Gasteiger charge is 2.46. The summed E-state index contributed by atoms with van der Waals surface area (Å²) in [4.78, 5) is 2.34. The van der Waals surface area contributed by atoms with Crippen LogP contribution >= 0.6 is 11.3 Å². The molecule has 0 spiro atoms. The summed E-state index contributed by atoms with van der Waals surface area (Å²) >= 11 is 1.78. The number of nitrogens with zero attached hydrogens (tertiary/aromatic N) is 1. The molecule has 1 nitrogen and oxygen atoms in total. The minimum atomic E-state index is -2.35. The molecule has 0 N–H and O–H groups in total. The zero-order valence-corrected chi connectivity index (χ0v) is 38.3. The fourth-order valence-corrected chi connectivity index (χ4v) is 12.2. The largest absolute Gasteiger partial charge is 0.310 e. The highest BCUT2D eigenvalue weighted by atomic mass is 32.1. The van der Waals surface area contributed by atoms with Crippen molar-refractivity contribution in [2.45, 2.75) is 19.1 Å². The summed E-state index contributed by atoms with van der Waals surface area (Å²) in [6, 6.07) is 86.0. The molecule has 11 aromatic carbocycles. The molecule has 0 aliphatic heterocycles. The first-order chi connectivity index (χ1) is 36.4. The molecule has 2 heteroatoms. The van der Waals surface area contributed by atoms with Gasteiger partial charge in [0.2, 0.25) is 0 Å². The lowest BCUT2D eigenvalue weighted by molar-refractivity contribution is 0.767. The summed E-state index contributed by atoms with van der Waals surface area (Å²) in [5.41, 5.74) is 14.7. The van der Waals surface area contributed by atoms with Crippen molar-refractivity contribution in [2.75, 3.05) is 4.90 Å². The Hall–Kier alpha value is -8.30. The average Bonchev–Trinajstić information content (AvgIpc) is 3.97. The Labute approximate surface area is 416 Å². The number of hydrogen-bond donors (Lipinski definition) is 0. The quantitative estimate of drug-likeness (QED) is 0.147. The van der Waals surface area contributed by atoms with Crippen LogP contribution in [-0.2, 0) is 5.41 Å². The summed E-state index contributed by atoms with van der Waals surface area (Å²) in [5, 5.41) is 4.78. The fourth-order valence-electron chi connectivity index (χ4n) is 11.0. The molecule has 1 heterocycles. The molecule has 13 rings (SSSR count). The van der Waals surface area contributed by atoms with Gasteiger partial charge in [0.25, 0.3) is 0 Å². The van der Waals surface area contributed by atoms with Crippen LogP contribution in [0.3, 0.4) is 0 Å². The predicted molar refractivity (Wildman–Crippen MR) is 295 cm³/mol. The monoisotopic (exact) mass is 903 g/mol. The Morgan fingerprint density at radius 1 is 0.362 bits per heavy atom. The molecule has 1 aliphatic rings. The second-order valence-corrected chi connectivity index (χ2v) is 19.1. The number of anilines is 3. The molecule has 0 atom stereocenters. The molecule has 0 radical (unpaired) electrons. The fraction of sp³-hybridized carbons (Fsp3) is 0.0448. The molecule has 1 aliphatic carbocycles. The lowest BCUT2D eigenvalue weighted by atomic mass is 9.67. The maximum atomic E-state index is 8.44. The van der Waals surface area contributed by atoms with Crippen molar-refractivity contribution in [1.82, 2.24) is 0 Å². The third-order valence-corrected chi connectivity index (χ3v) is 15.4. The summed E-state index contributed by atoms with van der Waals surface area (Å²) < 4.78 is 53.0. The van der Waals surface area contributed by atoms with E-state index in [2.05, 4.69) is 193 Å². The van der Waals surface area contributed by atoms with Crippen molar-refractivity contribution in [3.8, 4) is 44.5 Å². The lowest BCUT2D eigenvalue weighted by Gasteiger charge is -2.34. The van der Waals surface area contributed by atoms with Gasteiger partial charge in [-0.05, 0) is 134 Å². The van der Waals surface area contributed by atoms with Gasteiger partial charge in [-0.15, -0.1) is 11.3 Å². The molecule has 0 fully saturated rings. The second kappa shape index (κ2) is 16.5. The van der Waals surface area contributed by atoms with Gasteiger partial charge in [0, 0.05) is 45.5 Å². The van der Waals surface area contributed by atoms with Crippen LogP contribution in [0.1, 0.15) is 41.6 Å². The Balaban J connectivity index is 0.925. The smallest absolute Gasteiger partial charge is 0.0713 e. The van der Waals surface area contributed by atoms with Crippen LogP contribution in [0, 0.1) is 13.7 Å². The third-order valence-electron chi connectivity index (χ3n) is 14.2. The van der Waals surface area contributed by atoms with E-state index in [9.17, 15) is 0 Å². The van der Waals surface area contributed by atoms with Gasteiger partial charge >= 0.3 is 0 Å². The average molecular weight is 904 g/mol. The van der Waals surface area contributed by atoms with Crippen molar-refractivity contribution < 1.29 is 8.22 Å². The molecular weight excluding hydrogens is 851 g/mol. The van der Waals surface area contributed by atoms with Gasteiger partial charge in [-0.25, -0.2) is 0 Å². The highest BCUT2D eigenvalue weighted by molar-refractivity contribution is 7.26. The van der Waals surface area contributed by atoms with E-state index in [0.29, 0.717) is 0 Å². The van der Waals surface area contributed by atoms with E-state index in [-0.39, 0.29) is 11.1 Å². The van der Waals surface area contributed by atoms with Crippen LogP contribution in [0.25, 0.3) is 75.5 Å². The minimum absolute atomic E-state index is 0.237. The molecule has 0 unspecified atom stereocenters. The van der Waals surface area contributed by atoms with E-state index in [1.54, 1.807) is 23.5 Å². The number of fused-ring (bicyclic) bond motifs is 7. The molecule has 0 bridgehead atoms. The van der Waals surface area contributed by atoms with Gasteiger partial charge < -0.3 is 4.90 Å². The van der Waals surface area contributed by atoms with Gasteiger partial charge in [-0.1, -0.05) is 217 Å². The third kappa shape index (κ3) is 6.74. The number of aryl methyl sites for hydroxylation is 2. The predicted octanol–water partition coefficient (Wildman–Crippen LogP) is 18.7. The van der Waals surface area contributed by atoms with Crippen molar-refractivity contribution in [1.29, 1.82) is 0 Å². The molecule has 12 aromatic rings. The van der Waals surface area contributed by atoms with Crippen LogP contribution in [0.2, 0.25) is 0 Å². The van der Waals surface area contributed by atoms with Crippen LogP contribution in [0.15, 0.2) is 249 Å². The first-order valence-electron chi connectivity index (χ1n) is 26.4. The van der Waals surface area contributed by atoms with Gasteiger partial charge in [0.1, 0.15) is 0 Å². The molecule has 0 saturated carbocycles. The first kappa shape index (κ1) is 34.9. The minimum Gasteiger partial charge on any atom is -0.310 e. The first-order valence-corrected chi connectivity index (χ1v) is 24.2. The molecule has 326 valence electrons. The second-order valence-electron chi connectivity index (χ2n) is 18.0. The van der Waals surface area contributed by atoms with Crippen LogP contribution in [0.5, 0.6) is 0 Å². The zero-order valence-electron chi connectivity index (χ0n) is 43.5. The van der Waals surface area contributed by atoms with Crippen LogP contribution in [-0.4, -0.2) is 0 Å². The number of thiophene rings is 1. The Morgan fingerprint density at radius 2 is 0.884 bits per heavy atom. The van der Waals surface area contributed by atoms with E-state index in [1.807, 2.05) is 48.5 Å². The number of benzene rings is 11. The van der Waals surface area contributed by atoms with E-state index in [1.165, 1.54) is 36.7 Å². The van der Waals surface area contributed by atoms with Crippen molar-refractivity contribution >= 4 is 59.3 Å². The molecule has 0 amide bonds. The van der Waals surface area contributed by atoms with E-state index in [4.69, 9.17) is 8.22 Å². The van der Waals surface area contributed by atoms with Crippen LogP contribution < -0.4 is 4.90 Å². The topological polar surface area (TPSA) is 3.24 Å². The van der Waals surface area contributed by atoms with E-state index in [0.717, 1.165) is 78.1 Å². The molecule has 0 saturated heterocycles. The standard InChI is InChI=1S/C67H47NS/c1-44-23-38-59-60-39-24-45(2)42-64(60)67(63(59)41-44,51-17-7-4-8-18-51)52-31-25-50(26-32-52)58-21-12-22-61-62-43-55(37-40-65(62)69-66(58)61)68(53-33-27-47(28-34-53)46-13-5-3-6-14-46)54-35-29-49(30-36-54)57-20-11-16-48-15-9-10-19-56(48)57/h3-43H,1-2H3/i1D3,2D3. The van der Waals surface area contributed by atoms with Crippen molar-refractivity contribution in [2.24, 2.45) is 0 Å². The summed E-state index contributed by atoms with van der Waals surface area (Å²) in [5.74, 6) is 0. The molecule has 69 heavy (non-hydrogen) atoms. The van der Waals surface area contributed by atoms with Gasteiger partial charge in [-0.3, -0.25) is 0 Å². The summed E-state index contributed by atoms with van der Waals surface area (Å²) in [6.45, 7) is -4.69. The Morgan fingerprint density at radius 3 is 1.58 bits per heavy atom. The van der Waals surface area contributed by atoms with E-state index < -0.39 is 19.1 Å².